The predicted molar refractivity (Wildman–Crippen MR) is 70.8 cm³/mol. The Balaban J connectivity index is 2.07. The Morgan fingerprint density at radius 3 is 2.65 bits per heavy atom. The molecule has 2 heterocycles. The number of barbiturate groups is 1. The van der Waals surface area contributed by atoms with Gasteiger partial charge in [-0.1, -0.05) is 13.8 Å². The van der Waals surface area contributed by atoms with Crippen molar-refractivity contribution in [2.24, 2.45) is 11.8 Å². The van der Waals surface area contributed by atoms with Gasteiger partial charge in [0.25, 0.3) is 0 Å². The normalized spacial score (nSPS) is 29.0. The number of likely N-dealkylation sites (N-methyl/N-ethyl adjacent to an activating group) is 1. The Hall–Kier alpha value is -1.47. The molecule has 1 N–H and O–H groups in total. The first kappa shape index (κ1) is 14.9. The Morgan fingerprint density at radius 1 is 1.35 bits per heavy atom. The van der Waals surface area contributed by atoms with Crippen LogP contribution >= 0.6 is 0 Å². The molecule has 2 aliphatic rings. The maximum atomic E-state index is 12.3. The molecule has 0 aromatic rings. The number of nitrogens with zero attached hydrogens (tertiary/aromatic N) is 2. The topological polar surface area (TPSA) is 79.0 Å². The van der Waals surface area contributed by atoms with Crippen molar-refractivity contribution < 1.29 is 19.1 Å². The van der Waals surface area contributed by atoms with Gasteiger partial charge in [-0.2, -0.15) is 0 Å². The fraction of sp³-hybridized carbons (Fsp3) is 0.769. The number of amides is 4. The first-order valence-corrected chi connectivity index (χ1v) is 6.86. The monoisotopic (exact) mass is 283 g/mol. The van der Waals surface area contributed by atoms with Crippen LogP contribution < -0.4 is 5.32 Å². The minimum atomic E-state index is -0.797. The van der Waals surface area contributed by atoms with E-state index in [1.165, 1.54) is 0 Å². The molecular formula is C13H21N3O4. The van der Waals surface area contributed by atoms with Gasteiger partial charge in [0.05, 0.1) is 19.3 Å². The van der Waals surface area contributed by atoms with Crippen molar-refractivity contribution in [3.8, 4) is 0 Å². The van der Waals surface area contributed by atoms with Crippen LogP contribution in [0.3, 0.4) is 0 Å². The van der Waals surface area contributed by atoms with Crippen molar-refractivity contribution in [1.82, 2.24) is 15.1 Å². The van der Waals surface area contributed by atoms with E-state index in [9.17, 15) is 14.4 Å². The third kappa shape index (κ3) is 2.99. The summed E-state index contributed by atoms with van der Waals surface area (Å²) in [6.07, 6.45) is -0.204. The molecule has 0 aliphatic carbocycles. The van der Waals surface area contributed by atoms with Crippen molar-refractivity contribution in [3.63, 3.8) is 0 Å². The lowest BCUT2D eigenvalue weighted by atomic mass is 9.92. The van der Waals surface area contributed by atoms with Crippen LogP contribution in [0.1, 0.15) is 13.8 Å². The van der Waals surface area contributed by atoms with Crippen molar-refractivity contribution in [1.29, 1.82) is 0 Å². The third-order valence-corrected chi connectivity index (χ3v) is 3.68. The van der Waals surface area contributed by atoms with E-state index in [4.69, 9.17) is 4.74 Å². The van der Waals surface area contributed by atoms with Crippen LogP contribution in [0.2, 0.25) is 0 Å². The molecule has 4 amide bonds. The van der Waals surface area contributed by atoms with Gasteiger partial charge in [0.15, 0.2) is 0 Å². The molecule has 2 unspecified atom stereocenters. The standard InChI is InChI=1S/C13H21N3O4/c1-8(2)10-11(17)14-13(19)16(12(10)18)7-9-6-15(3)4-5-20-9/h8-10H,4-7H2,1-3H3,(H,14,17,19). The van der Waals surface area contributed by atoms with E-state index in [2.05, 4.69) is 10.2 Å². The maximum absolute atomic E-state index is 12.3. The summed E-state index contributed by atoms with van der Waals surface area (Å²) in [5.41, 5.74) is 0. The van der Waals surface area contributed by atoms with E-state index < -0.39 is 23.8 Å². The van der Waals surface area contributed by atoms with Gasteiger partial charge in [-0.15, -0.1) is 0 Å². The third-order valence-electron chi connectivity index (χ3n) is 3.68. The highest BCUT2D eigenvalue weighted by molar-refractivity contribution is 6.16. The summed E-state index contributed by atoms with van der Waals surface area (Å²) in [6.45, 7) is 5.85. The number of imide groups is 2. The highest BCUT2D eigenvalue weighted by Crippen LogP contribution is 2.20. The van der Waals surface area contributed by atoms with Gasteiger partial charge in [0, 0.05) is 13.1 Å². The van der Waals surface area contributed by atoms with Crippen molar-refractivity contribution >= 4 is 17.8 Å². The smallest absolute Gasteiger partial charge is 0.330 e. The van der Waals surface area contributed by atoms with Gasteiger partial charge >= 0.3 is 6.03 Å². The number of carbonyl (C=O) groups excluding carboxylic acids is 3. The van der Waals surface area contributed by atoms with Crippen LogP contribution in [0.5, 0.6) is 0 Å². The number of hydrogen-bond donors (Lipinski definition) is 1. The summed E-state index contributed by atoms with van der Waals surface area (Å²) in [6, 6.07) is -0.645. The number of carbonyl (C=O) groups is 3. The molecular weight excluding hydrogens is 262 g/mol. The molecule has 2 saturated heterocycles. The molecule has 2 atom stereocenters. The Kier molecular flexibility index (Phi) is 4.39. The highest BCUT2D eigenvalue weighted by Gasteiger charge is 2.42. The molecule has 2 fully saturated rings. The van der Waals surface area contributed by atoms with Crippen molar-refractivity contribution in [3.05, 3.63) is 0 Å². The minimum absolute atomic E-state index is 0.145. The fourth-order valence-electron chi connectivity index (χ4n) is 2.57. The lowest BCUT2D eigenvalue weighted by molar-refractivity contribution is -0.146. The number of rotatable bonds is 3. The SMILES string of the molecule is CC(C)C1C(=O)NC(=O)N(CC2CN(C)CCO2)C1=O. The number of urea groups is 1. The average molecular weight is 283 g/mol. The van der Waals surface area contributed by atoms with Crippen LogP contribution in [0, 0.1) is 11.8 Å². The fourth-order valence-corrected chi connectivity index (χ4v) is 2.57. The first-order chi connectivity index (χ1) is 9.40. The lowest BCUT2D eigenvalue weighted by Gasteiger charge is -2.36. The van der Waals surface area contributed by atoms with Gasteiger partial charge in [0.1, 0.15) is 5.92 Å². The average Bonchev–Trinajstić information content (AvgIpc) is 2.33. The second-order valence-electron chi connectivity index (χ2n) is 5.72. The minimum Gasteiger partial charge on any atom is -0.374 e. The van der Waals surface area contributed by atoms with Crippen molar-refractivity contribution in [2.45, 2.75) is 20.0 Å². The maximum Gasteiger partial charge on any atom is 0.330 e. The zero-order valence-corrected chi connectivity index (χ0v) is 12.1. The molecule has 7 heteroatoms. The summed E-state index contributed by atoms with van der Waals surface area (Å²) >= 11 is 0. The molecule has 20 heavy (non-hydrogen) atoms. The zero-order valence-electron chi connectivity index (χ0n) is 12.1. The predicted octanol–water partition coefficient (Wildman–Crippen LogP) is -0.332. The first-order valence-electron chi connectivity index (χ1n) is 6.86. The molecule has 0 aromatic heterocycles. The summed E-state index contributed by atoms with van der Waals surface area (Å²) in [4.78, 5) is 39.1. The quantitative estimate of drug-likeness (QED) is 0.717. The molecule has 2 aliphatic heterocycles. The molecule has 0 aromatic carbocycles. The van der Waals surface area contributed by atoms with E-state index in [0.29, 0.717) is 13.2 Å². The van der Waals surface area contributed by atoms with Crippen molar-refractivity contribution in [2.75, 3.05) is 33.3 Å². The summed E-state index contributed by atoms with van der Waals surface area (Å²) in [5.74, 6) is -1.87. The van der Waals surface area contributed by atoms with Gasteiger partial charge in [0.2, 0.25) is 11.8 Å². The van der Waals surface area contributed by atoms with E-state index >= 15 is 0 Å². The molecule has 112 valence electrons. The number of ether oxygens (including phenoxy) is 1. The number of nitrogens with one attached hydrogen (secondary N) is 1. The molecule has 0 saturated carbocycles. The highest BCUT2D eigenvalue weighted by atomic mass is 16.5. The van der Waals surface area contributed by atoms with Crippen LogP contribution in [0.4, 0.5) is 4.79 Å². The second kappa shape index (κ2) is 5.88. The van der Waals surface area contributed by atoms with Gasteiger partial charge < -0.3 is 9.64 Å². The Bertz CT molecular complexity index is 424. The van der Waals surface area contributed by atoms with E-state index in [0.717, 1.165) is 11.4 Å². The van der Waals surface area contributed by atoms with Crippen LogP contribution in [0.15, 0.2) is 0 Å². The largest absolute Gasteiger partial charge is 0.374 e. The Morgan fingerprint density at radius 2 is 2.05 bits per heavy atom. The lowest BCUT2D eigenvalue weighted by Crippen LogP contribution is -2.61. The molecule has 0 spiro atoms. The summed E-state index contributed by atoms with van der Waals surface area (Å²) in [7, 11) is 1.97. The number of hydrogen-bond acceptors (Lipinski definition) is 5. The van der Waals surface area contributed by atoms with Gasteiger partial charge in [-0.25, -0.2) is 4.79 Å². The number of morpholine rings is 1. The zero-order chi connectivity index (χ0) is 14.9. The second-order valence-corrected chi connectivity index (χ2v) is 5.72. The van der Waals surface area contributed by atoms with E-state index in [-0.39, 0.29) is 18.6 Å². The summed E-state index contributed by atoms with van der Waals surface area (Å²) in [5, 5.41) is 2.25. The van der Waals surface area contributed by atoms with Gasteiger partial charge in [-0.05, 0) is 13.0 Å². The van der Waals surface area contributed by atoms with Crippen LogP contribution in [-0.2, 0) is 14.3 Å². The molecule has 0 radical (unpaired) electrons. The van der Waals surface area contributed by atoms with Crippen LogP contribution in [-0.4, -0.2) is 67.0 Å². The van der Waals surface area contributed by atoms with E-state index in [1.807, 2.05) is 7.05 Å². The summed E-state index contributed by atoms with van der Waals surface area (Å²) < 4.78 is 5.57. The molecule has 0 bridgehead atoms. The van der Waals surface area contributed by atoms with E-state index in [1.54, 1.807) is 13.8 Å². The molecule has 7 nitrogen and oxygen atoms in total. The van der Waals surface area contributed by atoms with Gasteiger partial charge in [-0.3, -0.25) is 19.8 Å². The molecule has 2 rings (SSSR count). The van der Waals surface area contributed by atoms with Crippen LogP contribution in [0.25, 0.3) is 0 Å². The Labute approximate surface area is 118 Å².